The van der Waals surface area contributed by atoms with Crippen LogP contribution in [0.2, 0.25) is 0 Å². The number of aromatic nitrogens is 2. The molecule has 5 heteroatoms. The largest absolute Gasteiger partial charge is 0.386 e. The molecule has 0 bridgehead atoms. The Balaban J connectivity index is 1.95. The van der Waals surface area contributed by atoms with E-state index in [-0.39, 0.29) is 6.10 Å². The van der Waals surface area contributed by atoms with Crippen molar-refractivity contribution < 1.29 is 9.84 Å². The number of aliphatic hydroxyl groups excluding tert-OH is 1. The molecule has 1 aliphatic heterocycles. The molecule has 0 spiro atoms. The monoisotopic (exact) mass is 267 g/mol. The number of ether oxygens (including phenoxy) is 1. The maximum absolute atomic E-state index is 10.4. The Hall–Kier alpha value is -0.910. The van der Waals surface area contributed by atoms with Crippen molar-refractivity contribution in [3.8, 4) is 0 Å². The molecule has 0 aromatic carbocycles. The minimum atomic E-state index is -0.578. The van der Waals surface area contributed by atoms with E-state index in [2.05, 4.69) is 23.8 Å². The van der Waals surface area contributed by atoms with E-state index in [0.717, 1.165) is 44.6 Å². The average molecular weight is 267 g/mol. The summed E-state index contributed by atoms with van der Waals surface area (Å²) in [5, 5.41) is 14.7. The summed E-state index contributed by atoms with van der Waals surface area (Å²) in [5.74, 6) is 0. The van der Waals surface area contributed by atoms with Gasteiger partial charge in [0.2, 0.25) is 0 Å². The molecule has 0 amide bonds. The second-order valence-electron chi connectivity index (χ2n) is 5.19. The van der Waals surface area contributed by atoms with Crippen LogP contribution >= 0.6 is 0 Å². The molecule has 1 saturated heterocycles. The summed E-state index contributed by atoms with van der Waals surface area (Å²) in [6, 6.07) is 0. The van der Waals surface area contributed by atoms with Gasteiger partial charge in [-0.3, -0.25) is 9.58 Å². The van der Waals surface area contributed by atoms with Gasteiger partial charge in [-0.25, -0.2) is 0 Å². The van der Waals surface area contributed by atoms with E-state index in [4.69, 9.17) is 4.74 Å². The molecule has 0 radical (unpaired) electrons. The third-order valence-electron chi connectivity index (χ3n) is 3.52. The topological polar surface area (TPSA) is 50.5 Å². The molecule has 1 N–H and O–H groups in total. The summed E-state index contributed by atoms with van der Waals surface area (Å²) >= 11 is 0. The third-order valence-corrected chi connectivity index (χ3v) is 3.52. The minimum Gasteiger partial charge on any atom is -0.386 e. The third kappa shape index (κ3) is 3.78. The van der Waals surface area contributed by atoms with Crippen LogP contribution in [-0.4, -0.2) is 52.1 Å². The van der Waals surface area contributed by atoms with Crippen LogP contribution in [0.15, 0.2) is 12.4 Å². The highest BCUT2D eigenvalue weighted by Gasteiger charge is 2.28. The molecule has 1 fully saturated rings. The second-order valence-corrected chi connectivity index (χ2v) is 5.19. The summed E-state index contributed by atoms with van der Waals surface area (Å²) in [6.07, 6.45) is 5.14. The van der Waals surface area contributed by atoms with Gasteiger partial charge in [0, 0.05) is 31.4 Å². The highest BCUT2D eigenvalue weighted by molar-refractivity contribution is 5.10. The molecule has 2 atom stereocenters. The summed E-state index contributed by atoms with van der Waals surface area (Å²) in [7, 11) is 0. The van der Waals surface area contributed by atoms with Crippen LogP contribution in [-0.2, 0) is 11.3 Å². The predicted octanol–water partition coefficient (Wildman–Crippen LogP) is 1.44. The van der Waals surface area contributed by atoms with Crippen LogP contribution < -0.4 is 0 Å². The summed E-state index contributed by atoms with van der Waals surface area (Å²) in [6.45, 7) is 8.72. The first-order valence-electron chi connectivity index (χ1n) is 7.29. The lowest BCUT2D eigenvalue weighted by Crippen LogP contribution is -2.45. The maximum Gasteiger partial charge on any atom is 0.109 e. The van der Waals surface area contributed by atoms with Crippen LogP contribution in [0.3, 0.4) is 0 Å². The first kappa shape index (κ1) is 14.5. The second kappa shape index (κ2) is 7.03. The van der Waals surface area contributed by atoms with Gasteiger partial charge in [-0.2, -0.15) is 5.10 Å². The van der Waals surface area contributed by atoms with Crippen LogP contribution in [0.5, 0.6) is 0 Å². The van der Waals surface area contributed by atoms with Gasteiger partial charge in [0.05, 0.1) is 12.8 Å². The van der Waals surface area contributed by atoms with Crippen molar-refractivity contribution in [1.29, 1.82) is 0 Å². The molecule has 0 aliphatic carbocycles. The number of hydrogen-bond donors (Lipinski definition) is 1. The highest BCUT2D eigenvalue weighted by Crippen LogP contribution is 2.22. The Bertz CT molecular complexity index is 379. The zero-order valence-corrected chi connectivity index (χ0v) is 12.0. The first-order chi connectivity index (χ1) is 9.24. The number of nitrogens with zero attached hydrogens (tertiary/aromatic N) is 3. The van der Waals surface area contributed by atoms with Crippen molar-refractivity contribution in [2.24, 2.45) is 0 Å². The first-order valence-corrected chi connectivity index (χ1v) is 7.29. The van der Waals surface area contributed by atoms with Crippen LogP contribution in [0, 0.1) is 0 Å². The number of hydrogen-bond acceptors (Lipinski definition) is 4. The summed E-state index contributed by atoms with van der Waals surface area (Å²) < 4.78 is 7.59. The highest BCUT2D eigenvalue weighted by atomic mass is 16.5. The van der Waals surface area contributed by atoms with Crippen molar-refractivity contribution in [3.63, 3.8) is 0 Å². The average Bonchev–Trinajstić information content (AvgIpc) is 2.88. The van der Waals surface area contributed by atoms with E-state index in [1.165, 1.54) is 0 Å². The van der Waals surface area contributed by atoms with Crippen molar-refractivity contribution >= 4 is 0 Å². The van der Waals surface area contributed by atoms with Crippen LogP contribution in [0.25, 0.3) is 0 Å². The Kier molecular flexibility index (Phi) is 5.36. The SMILES string of the molecule is CCCN1CCOC(C(O)c2cnn(CCC)c2)C1. The quantitative estimate of drug-likeness (QED) is 0.847. The minimum absolute atomic E-state index is 0.139. The summed E-state index contributed by atoms with van der Waals surface area (Å²) in [4.78, 5) is 2.36. The van der Waals surface area contributed by atoms with Crippen molar-refractivity contribution in [2.75, 3.05) is 26.2 Å². The van der Waals surface area contributed by atoms with Crippen molar-refractivity contribution in [1.82, 2.24) is 14.7 Å². The van der Waals surface area contributed by atoms with E-state index >= 15 is 0 Å². The predicted molar refractivity (Wildman–Crippen MR) is 73.9 cm³/mol. The molecule has 19 heavy (non-hydrogen) atoms. The van der Waals surface area contributed by atoms with Crippen molar-refractivity contribution in [2.45, 2.75) is 45.4 Å². The Morgan fingerprint density at radius 3 is 2.95 bits per heavy atom. The van der Waals surface area contributed by atoms with Gasteiger partial charge in [0.15, 0.2) is 0 Å². The normalized spacial score (nSPS) is 22.6. The number of rotatable bonds is 6. The molecule has 1 aromatic rings. The molecule has 1 aliphatic rings. The fourth-order valence-electron chi connectivity index (χ4n) is 2.54. The van der Waals surface area contributed by atoms with E-state index in [1.54, 1.807) is 6.20 Å². The maximum atomic E-state index is 10.4. The van der Waals surface area contributed by atoms with Crippen molar-refractivity contribution in [3.05, 3.63) is 18.0 Å². The van der Waals surface area contributed by atoms with Crippen LogP contribution in [0.4, 0.5) is 0 Å². The molecule has 2 unspecified atom stereocenters. The van der Waals surface area contributed by atoms with Gasteiger partial charge in [-0.1, -0.05) is 13.8 Å². The Morgan fingerprint density at radius 2 is 2.21 bits per heavy atom. The Morgan fingerprint density at radius 1 is 1.42 bits per heavy atom. The standard InChI is InChI=1S/C14H25N3O2/c1-3-5-16-7-8-19-13(11-16)14(18)12-9-15-17(10-12)6-4-2/h9-10,13-14,18H,3-8,11H2,1-2H3. The van der Waals surface area contributed by atoms with Gasteiger partial charge in [-0.15, -0.1) is 0 Å². The van der Waals surface area contributed by atoms with Crippen LogP contribution in [0.1, 0.15) is 38.4 Å². The molecule has 0 saturated carbocycles. The van der Waals surface area contributed by atoms with E-state index < -0.39 is 6.10 Å². The van der Waals surface area contributed by atoms with Gasteiger partial charge < -0.3 is 9.84 Å². The molecule has 2 rings (SSSR count). The molecule has 5 nitrogen and oxygen atoms in total. The van der Waals surface area contributed by atoms with Gasteiger partial charge in [0.25, 0.3) is 0 Å². The number of aryl methyl sites for hydroxylation is 1. The fraction of sp³-hybridized carbons (Fsp3) is 0.786. The number of morpholine rings is 1. The lowest BCUT2D eigenvalue weighted by atomic mass is 10.1. The lowest BCUT2D eigenvalue weighted by Gasteiger charge is -2.34. The molecule has 108 valence electrons. The van der Waals surface area contributed by atoms with Gasteiger partial charge in [-0.05, 0) is 19.4 Å². The smallest absolute Gasteiger partial charge is 0.109 e. The molecular formula is C14H25N3O2. The molecule has 2 heterocycles. The Labute approximate surface area is 115 Å². The number of aliphatic hydroxyl groups is 1. The van der Waals surface area contributed by atoms with E-state index in [0.29, 0.717) is 6.61 Å². The zero-order chi connectivity index (χ0) is 13.7. The molecule has 1 aromatic heterocycles. The zero-order valence-electron chi connectivity index (χ0n) is 12.0. The van der Waals surface area contributed by atoms with E-state index in [9.17, 15) is 5.11 Å². The molecular weight excluding hydrogens is 242 g/mol. The van der Waals surface area contributed by atoms with Gasteiger partial charge in [0.1, 0.15) is 12.2 Å². The van der Waals surface area contributed by atoms with Gasteiger partial charge >= 0.3 is 0 Å². The summed E-state index contributed by atoms with van der Waals surface area (Å²) in [5.41, 5.74) is 0.858. The fourth-order valence-corrected chi connectivity index (χ4v) is 2.54. The van der Waals surface area contributed by atoms with E-state index in [1.807, 2.05) is 10.9 Å². The lowest BCUT2D eigenvalue weighted by molar-refractivity contribution is -0.0898.